The summed E-state index contributed by atoms with van der Waals surface area (Å²) in [5.74, 6) is -0.133. The number of nitrogens with one attached hydrogen (secondary N) is 1. The largest absolute Gasteiger partial charge is 0.321 e. The Kier molecular flexibility index (Phi) is 3.86. The maximum atomic E-state index is 12.7. The van der Waals surface area contributed by atoms with Crippen LogP contribution in [0.15, 0.2) is 60.1 Å². The van der Waals surface area contributed by atoms with E-state index in [9.17, 15) is 4.79 Å². The molecule has 25 heavy (non-hydrogen) atoms. The van der Waals surface area contributed by atoms with Crippen molar-refractivity contribution < 1.29 is 4.79 Å². The summed E-state index contributed by atoms with van der Waals surface area (Å²) in [6.45, 7) is 4.09. The van der Waals surface area contributed by atoms with Crippen LogP contribution < -0.4 is 5.32 Å². The number of anilines is 1. The van der Waals surface area contributed by atoms with Crippen LogP contribution in [-0.2, 0) is 0 Å². The van der Waals surface area contributed by atoms with Gasteiger partial charge >= 0.3 is 0 Å². The molecule has 1 N–H and O–H groups in total. The number of imidazole rings is 1. The van der Waals surface area contributed by atoms with Crippen LogP contribution in [0.5, 0.6) is 0 Å². The molecule has 2 aromatic carbocycles. The lowest BCUT2D eigenvalue weighted by Gasteiger charge is -2.07. The average Bonchev–Trinajstić information content (AvgIpc) is 3.19. The Morgan fingerprint density at radius 3 is 2.64 bits per heavy atom. The maximum absolute atomic E-state index is 12.7. The number of benzene rings is 2. The van der Waals surface area contributed by atoms with Gasteiger partial charge in [0.2, 0.25) is 0 Å². The van der Waals surface area contributed by atoms with Crippen molar-refractivity contribution in [3.63, 3.8) is 0 Å². The summed E-state index contributed by atoms with van der Waals surface area (Å²) < 4.78 is 1.85. The molecular weight excluding hydrogens is 330 g/mol. The van der Waals surface area contributed by atoms with Crippen LogP contribution in [0, 0.1) is 13.8 Å². The molecule has 2 heterocycles. The van der Waals surface area contributed by atoms with Crippen LogP contribution in [0.3, 0.4) is 0 Å². The van der Waals surface area contributed by atoms with Gasteiger partial charge in [0, 0.05) is 22.8 Å². The number of rotatable bonds is 3. The Bertz CT molecular complexity index is 1060. The van der Waals surface area contributed by atoms with Crippen molar-refractivity contribution in [3.8, 4) is 11.3 Å². The molecule has 0 fully saturated rings. The maximum Gasteiger partial charge on any atom is 0.273 e. The molecule has 0 aliphatic rings. The number of aromatic nitrogens is 2. The minimum atomic E-state index is -0.133. The lowest BCUT2D eigenvalue weighted by atomic mass is 10.1. The summed E-state index contributed by atoms with van der Waals surface area (Å²) >= 11 is 1.46. The van der Waals surface area contributed by atoms with Crippen molar-refractivity contribution in [1.29, 1.82) is 0 Å². The summed E-state index contributed by atoms with van der Waals surface area (Å²) in [6, 6.07) is 15.9. The summed E-state index contributed by atoms with van der Waals surface area (Å²) in [6.07, 6.45) is 1.91. The van der Waals surface area contributed by atoms with E-state index in [2.05, 4.69) is 17.2 Å². The quantitative estimate of drug-likeness (QED) is 0.571. The predicted molar refractivity (Wildman–Crippen MR) is 102 cm³/mol. The second-order valence-corrected chi connectivity index (χ2v) is 6.86. The zero-order valence-corrected chi connectivity index (χ0v) is 14.8. The average molecular weight is 347 g/mol. The standard InChI is InChI=1S/C20H17N3OS/c1-13-8-9-16(10-14(13)2)21-19(24)18-12-25-20-22-17(11-23(18)20)15-6-4-3-5-7-15/h3-12H,1-2H3,(H,21,24). The molecule has 1 amide bonds. The highest BCUT2D eigenvalue weighted by atomic mass is 32.1. The van der Waals surface area contributed by atoms with Gasteiger partial charge in [0.25, 0.3) is 5.91 Å². The van der Waals surface area contributed by atoms with Crippen molar-refractivity contribution in [2.24, 2.45) is 0 Å². The van der Waals surface area contributed by atoms with Crippen molar-refractivity contribution in [2.45, 2.75) is 13.8 Å². The van der Waals surface area contributed by atoms with E-state index in [4.69, 9.17) is 0 Å². The molecule has 5 heteroatoms. The van der Waals surface area contributed by atoms with Gasteiger partial charge in [0.05, 0.1) is 5.69 Å². The second-order valence-electron chi connectivity index (χ2n) is 6.02. The van der Waals surface area contributed by atoms with E-state index in [1.807, 2.05) is 71.4 Å². The molecule has 4 nitrogen and oxygen atoms in total. The summed E-state index contributed by atoms with van der Waals surface area (Å²) in [7, 11) is 0. The topological polar surface area (TPSA) is 46.4 Å². The molecule has 0 saturated carbocycles. The highest BCUT2D eigenvalue weighted by molar-refractivity contribution is 7.15. The first-order chi connectivity index (χ1) is 12.1. The van der Waals surface area contributed by atoms with Gasteiger partial charge < -0.3 is 5.32 Å². The van der Waals surface area contributed by atoms with Gasteiger partial charge in [0.1, 0.15) is 5.69 Å². The lowest BCUT2D eigenvalue weighted by molar-refractivity contribution is 0.102. The number of amides is 1. The number of thiazole rings is 1. The van der Waals surface area contributed by atoms with Gasteiger partial charge in [-0.25, -0.2) is 4.98 Å². The van der Waals surface area contributed by atoms with Crippen LogP contribution in [-0.4, -0.2) is 15.3 Å². The van der Waals surface area contributed by atoms with Crippen LogP contribution in [0.4, 0.5) is 5.69 Å². The number of carbonyl (C=O) groups excluding carboxylic acids is 1. The fourth-order valence-corrected chi connectivity index (χ4v) is 3.56. The van der Waals surface area contributed by atoms with Crippen LogP contribution in [0.25, 0.3) is 16.2 Å². The lowest BCUT2D eigenvalue weighted by Crippen LogP contribution is -2.14. The first kappa shape index (κ1) is 15.6. The summed E-state index contributed by atoms with van der Waals surface area (Å²) in [5, 5.41) is 4.81. The molecule has 4 rings (SSSR count). The number of hydrogen-bond donors (Lipinski definition) is 1. The molecule has 0 unspecified atom stereocenters. The number of aryl methyl sites for hydroxylation is 2. The van der Waals surface area contributed by atoms with Crippen molar-refractivity contribution in [1.82, 2.24) is 9.38 Å². The summed E-state index contributed by atoms with van der Waals surface area (Å²) in [5.41, 5.74) is 5.66. The number of fused-ring (bicyclic) bond motifs is 1. The predicted octanol–water partition coefficient (Wildman–Crippen LogP) is 4.93. The molecule has 2 aromatic heterocycles. The third-order valence-electron chi connectivity index (χ3n) is 4.28. The van der Waals surface area contributed by atoms with Crippen LogP contribution in [0.1, 0.15) is 21.6 Å². The van der Waals surface area contributed by atoms with Gasteiger partial charge in [-0.1, -0.05) is 36.4 Å². The van der Waals surface area contributed by atoms with Crippen molar-refractivity contribution in [3.05, 3.63) is 76.9 Å². The number of carbonyl (C=O) groups is 1. The minimum absolute atomic E-state index is 0.133. The zero-order valence-electron chi connectivity index (χ0n) is 14.0. The minimum Gasteiger partial charge on any atom is -0.321 e. The van der Waals surface area contributed by atoms with Gasteiger partial charge in [-0.15, -0.1) is 11.3 Å². The molecule has 0 bridgehead atoms. The summed E-state index contributed by atoms with van der Waals surface area (Å²) in [4.78, 5) is 18.1. The Balaban J connectivity index is 1.65. The van der Waals surface area contributed by atoms with E-state index >= 15 is 0 Å². The SMILES string of the molecule is Cc1ccc(NC(=O)c2csc3nc(-c4ccccc4)cn23)cc1C. The van der Waals surface area contributed by atoms with Gasteiger partial charge in [-0.3, -0.25) is 9.20 Å². The Morgan fingerprint density at radius 1 is 1.08 bits per heavy atom. The molecule has 4 aromatic rings. The Hall–Kier alpha value is -2.92. The molecule has 0 atom stereocenters. The highest BCUT2D eigenvalue weighted by Gasteiger charge is 2.15. The number of nitrogens with zero attached hydrogens (tertiary/aromatic N) is 2. The fourth-order valence-electron chi connectivity index (χ4n) is 2.71. The van der Waals surface area contributed by atoms with E-state index in [-0.39, 0.29) is 5.91 Å². The zero-order chi connectivity index (χ0) is 17.4. The molecule has 0 saturated heterocycles. The Labute approximate surface area is 149 Å². The molecular formula is C20H17N3OS. The third-order valence-corrected chi connectivity index (χ3v) is 5.12. The first-order valence-electron chi connectivity index (χ1n) is 8.02. The Morgan fingerprint density at radius 2 is 1.88 bits per heavy atom. The third kappa shape index (κ3) is 2.94. The van der Waals surface area contributed by atoms with E-state index in [0.29, 0.717) is 5.69 Å². The monoisotopic (exact) mass is 347 g/mol. The van der Waals surface area contributed by atoms with Gasteiger partial charge in [-0.2, -0.15) is 0 Å². The normalized spacial score (nSPS) is 11.0. The van der Waals surface area contributed by atoms with E-state index in [1.165, 1.54) is 16.9 Å². The van der Waals surface area contributed by atoms with E-state index in [1.54, 1.807) is 0 Å². The van der Waals surface area contributed by atoms with Crippen LogP contribution >= 0.6 is 11.3 Å². The molecule has 0 aliphatic carbocycles. The molecule has 0 aliphatic heterocycles. The van der Waals surface area contributed by atoms with Crippen molar-refractivity contribution >= 4 is 27.9 Å². The molecule has 0 spiro atoms. The number of hydrogen-bond acceptors (Lipinski definition) is 3. The highest BCUT2D eigenvalue weighted by Crippen LogP contribution is 2.24. The van der Waals surface area contributed by atoms with E-state index < -0.39 is 0 Å². The smallest absolute Gasteiger partial charge is 0.273 e. The van der Waals surface area contributed by atoms with Crippen LogP contribution in [0.2, 0.25) is 0 Å². The van der Waals surface area contributed by atoms with E-state index in [0.717, 1.165) is 27.5 Å². The fraction of sp³-hybridized carbons (Fsp3) is 0.100. The first-order valence-corrected chi connectivity index (χ1v) is 8.90. The van der Waals surface area contributed by atoms with Gasteiger partial charge in [-0.05, 0) is 37.1 Å². The molecule has 124 valence electrons. The second kappa shape index (κ2) is 6.18. The molecule has 0 radical (unpaired) electrons. The van der Waals surface area contributed by atoms with Crippen molar-refractivity contribution in [2.75, 3.05) is 5.32 Å². The van der Waals surface area contributed by atoms with Gasteiger partial charge in [0.15, 0.2) is 4.96 Å².